The van der Waals surface area contributed by atoms with E-state index in [0.29, 0.717) is 0 Å². The molecular formula is C51H36FN3. The van der Waals surface area contributed by atoms with E-state index in [2.05, 4.69) is 186 Å². The predicted molar refractivity (Wildman–Crippen MR) is 227 cm³/mol. The quantitative estimate of drug-likeness (QED) is 0.173. The molecule has 0 spiro atoms. The van der Waals surface area contributed by atoms with Gasteiger partial charge < -0.3 is 14.0 Å². The monoisotopic (exact) mass is 709 g/mol. The number of anilines is 3. The van der Waals surface area contributed by atoms with Crippen LogP contribution in [-0.4, -0.2) is 9.13 Å². The minimum atomic E-state index is -0.260. The summed E-state index contributed by atoms with van der Waals surface area (Å²) < 4.78 is 19.4. The summed E-state index contributed by atoms with van der Waals surface area (Å²) >= 11 is 0. The molecule has 11 rings (SSSR count). The van der Waals surface area contributed by atoms with Crippen molar-refractivity contribution in [1.29, 1.82) is 0 Å². The van der Waals surface area contributed by atoms with E-state index in [0.717, 1.165) is 61.3 Å². The molecule has 0 amide bonds. The Bertz CT molecular complexity index is 3150. The highest BCUT2D eigenvalue weighted by Gasteiger charge is 2.36. The topological polar surface area (TPSA) is 13.1 Å². The Labute approximate surface area is 318 Å². The zero-order valence-corrected chi connectivity index (χ0v) is 30.5. The number of aromatic nitrogens is 2. The van der Waals surface area contributed by atoms with Gasteiger partial charge in [0.05, 0.1) is 27.8 Å². The van der Waals surface area contributed by atoms with Gasteiger partial charge in [-0.25, -0.2) is 4.39 Å². The van der Waals surface area contributed by atoms with Crippen LogP contribution in [0.3, 0.4) is 0 Å². The fourth-order valence-corrected chi connectivity index (χ4v) is 9.29. The molecule has 10 aromatic rings. The smallest absolute Gasteiger partial charge is 0.125 e. The van der Waals surface area contributed by atoms with Crippen LogP contribution in [0.5, 0.6) is 0 Å². The van der Waals surface area contributed by atoms with E-state index >= 15 is 0 Å². The molecule has 0 N–H and O–H groups in total. The van der Waals surface area contributed by atoms with E-state index in [4.69, 9.17) is 0 Å². The fourth-order valence-electron chi connectivity index (χ4n) is 9.29. The Morgan fingerprint density at radius 1 is 0.436 bits per heavy atom. The Balaban J connectivity index is 1.23. The maximum absolute atomic E-state index is 14.9. The average molecular weight is 710 g/mol. The molecule has 0 unspecified atom stereocenters. The Morgan fingerprint density at radius 2 is 1.04 bits per heavy atom. The van der Waals surface area contributed by atoms with Crippen LogP contribution in [0, 0.1) is 5.82 Å². The van der Waals surface area contributed by atoms with Gasteiger partial charge in [-0.1, -0.05) is 117 Å². The Hall–Kier alpha value is -6.91. The molecule has 0 bridgehead atoms. The number of fused-ring (bicyclic) bond motifs is 9. The van der Waals surface area contributed by atoms with Crippen LogP contribution in [0.1, 0.15) is 25.0 Å². The molecule has 0 radical (unpaired) electrons. The van der Waals surface area contributed by atoms with Gasteiger partial charge in [0, 0.05) is 49.7 Å². The third-order valence-corrected chi connectivity index (χ3v) is 11.7. The summed E-state index contributed by atoms with van der Waals surface area (Å²) in [6.45, 7) is 4.67. The maximum Gasteiger partial charge on any atom is 0.125 e. The molecule has 0 aliphatic heterocycles. The SMILES string of the molecule is CC1(C)c2ccccc2-c2ccc(N(c3ccc4c5ccccc5n(-c5cccc(F)c5)c4c3)c3cccc4c3c3ccccc3n4-c3ccccc3)cc21. The van der Waals surface area contributed by atoms with Crippen molar-refractivity contribution in [3.8, 4) is 22.5 Å². The van der Waals surface area contributed by atoms with Crippen molar-refractivity contribution >= 4 is 60.7 Å². The van der Waals surface area contributed by atoms with Crippen LogP contribution < -0.4 is 4.90 Å². The second-order valence-corrected chi connectivity index (χ2v) is 15.1. The number of hydrogen-bond donors (Lipinski definition) is 0. The van der Waals surface area contributed by atoms with Gasteiger partial charge in [-0.15, -0.1) is 0 Å². The van der Waals surface area contributed by atoms with Gasteiger partial charge in [-0.05, 0) is 101 Å². The largest absolute Gasteiger partial charge is 0.310 e. The number of hydrogen-bond acceptors (Lipinski definition) is 1. The van der Waals surface area contributed by atoms with E-state index < -0.39 is 0 Å². The fraction of sp³-hybridized carbons (Fsp3) is 0.0588. The van der Waals surface area contributed by atoms with Crippen LogP contribution in [0.25, 0.3) is 66.1 Å². The Kier molecular flexibility index (Phi) is 6.78. The third kappa shape index (κ3) is 4.61. The van der Waals surface area contributed by atoms with E-state index in [1.807, 2.05) is 6.07 Å². The minimum absolute atomic E-state index is 0.170. The lowest BCUT2D eigenvalue weighted by Crippen LogP contribution is -2.16. The number of nitrogens with zero attached hydrogens (tertiary/aromatic N) is 3. The minimum Gasteiger partial charge on any atom is -0.310 e. The number of benzene rings is 8. The molecule has 2 heterocycles. The van der Waals surface area contributed by atoms with E-state index in [9.17, 15) is 4.39 Å². The molecule has 8 aromatic carbocycles. The van der Waals surface area contributed by atoms with Crippen LogP contribution in [0.4, 0.5) is 21.5 Å². The zero-order valence-electron chi connectivity index (χ0n) is 30.5. The molecule has 262 valence electrons. The third-order valence-electron chi connectivity index (χ3n) is 11.7. The number of para-hydroxylation sites is 3. The van der Waals surface area contributed by atoms with Crippen molar-refractivity contribution in [3.63, 3.8) is 0 Å². The summed E-state index contributed by atoms with van der Waals surface area (Å²) in [5.41, 5.74) is 14.5. The maximum atomic E-state index is 14.9. The van der Waals surface area contributed by atoms with Gasteiger partial charge in [0.15, 0.2) is 0 Å². The second-order valence-electron chi connectivity index (χ2n) is 15.1. The van der Waals surface area contributed by atoms with Crippen molar-refractivity contribution < 1.29 is 4.39 Å². The molecule has 0 saturated heterocycles. The molecule has 55 heavy (non-hydrogen) atoms. The normalized spacial score (nSPS) is 13.1. The average Bonchev–Trinajstić information content (AvgIpc) is 3.82. The summed E-state index contributed by atoms with van der Waals surface area (Å²) in [4.78, 5) is 2.43. The van der Waals surface area contributed by atoms with Gasteiger partial charge in [0.2, 0.25) is 0 Å². The first-order chi connectivity index (χ1) is 27.0. The number of rotatable bonds is 5. The van der Waals surface area contributed by atoms with Gasteiger partial charge in [-0.2, -0.15) is 0 Å². The zero-order chi connectivity index (χ0) is 36.8. The van der Waals surface area contributed by atoms with Gasteiger partial charge in [0.1, 0.15) is 5.82 Å². The molecule has 0 saturated carbocycles. The molecule has 0 fully saturated rings. The lowest BCUT2D eigenvalue weighted by Gasteiger charge is -2.29. The summed E-state index contributed by atoms with van der Waals surface area (Å²) in [7, 11) is 0. The van der Waals surface area contributed by atoms with E-state index in [1.165, 1.54) is 39.1 Å². The molecule has 1 aliphatic carbocycles. The lowest BCUT2D eigenvalue weighted by atomic mass is 9.82. The van der Waals surface area contributed by atoms with Gasteiger partial charge >= 0.3 is 0 Å². The lowest BCUT2D eigenvalue weighted by molar-refractivity contribution is 0.627. The summed E-state index contributed by atoms with van der Waals surface area (Å²) in [5, 5.41) is 4.61. The van der Waals surface area contributed by atoms with Crippen LogP contribution in [0.15, 0.2) is 182 Å². The highest BCUT2D eigenvalue weighted by atomic mass is 19.1. The van der Waals surface area contributed by atoms with Crippen LogP contribution in [-0.2, 0) is 5.41 Å². The van der Waals surface area contributed by atoms with Crippen LogP contribution >= 0.6 is 0 Å². The molecule has 0 atom stereocenters. The standard InChI is InChI=1S/C51H36FN3/c1-51(2)43-21-9-6-18-38(43)39-28-26-36(31-44(39)51)53(47-24-13-25-48-50(47)42-20-8-11-23-46(42)54(48)34-15-4-3-5-16-34)37-27-29-41-40-19-7-10-22-45(40)55(49(41)32-37)35-17-12-14-33(52)30-35/h3-32H,1-2H3. The molecule has 2 aromatic heterocycles. The highest BCUT2D eigenvalue weighted by Crippen LogP contribution is 2.52. The molecule has 1 aliphatic rings. The molecular weight excluding hydrogens is 674 g/mol. The van der Waals surface area contributed by atoms with Gasteiger partial charge in [-0.3, -0.25) is 0 Å². The molecule has 4 heteroatoms. The summed E-state index contributed by atoms with van der Waals surface area (Å²) in [6, 6.07) is 63.9. The number of halogens is 1. The first-order valence-electron chi connectivity index (χ1n) is 18.9. The van der Waals surface area contributed by atoms with Crippen LogP contribution in [0.2, 0.25) is 0 Å². The van der Waals surface area contributed by atoms with Crippen molar-refractivity contribution in [1.82, 2.24) is 9.13 Å². The first kappa shape index (κ1) is 31.6. The van der Waals surface area contributed by atoms with Crippen molar-refractivity contribution in [2.24, 2.45) is 0 Å². The van der Waals surface area contributed by atoms with Gasteiger partial charge in [0.25, 0.3) is 0 Å². The highest BCUT2D eigenvalue weighted by molar-refractivity contribution is 6.17. The molecule has 3 nitrogen and oxygen atoms in total. The van der Waals surface area contributed by atoms with Crippen molar-refractivity contribution in [3.05, 3.63) is 199 Å². The van der Waals surface area contributed by atoms with E-state index in [1.54, 1.807) is 12.1 Å². The second kappa shape index (κ2) is 11.8. The van der Waals surface area contributed by atoms with Crippen molar-refractivity contribution in [2.45, 2.75) is 19.3 Å². The van der Waals surface area contributed by atoms with Crippen molar-refractivity contribution in [2.75, 3.05) is 4.90 Å². The first-order valence-corrected chi connectivity index (χ1v) is 18.9. The summed E-state index contributed by atoms with van der Waals surface area (Å²) in [5.74, 6) is -0.260. The summed E-state index contributed by atoms with van der Waals surface area (Å²) in [6.07, 6.45) is 0. The Morgan fingerprint density at radius 3 is 1.87 bits per heavy atom. The predicted octanol–water partition coefficient (Wildman–Crippen LogP) is 13.8. The van der Waals surface area contributed by atoms with E-state index in [-0.39, 0.29) is 11.2 Å².